The fourth-order valence-electron chi connectivity index (χ4n) is 6.70. The van der Waals surface area contributed by atoms with Crippen molar-refractivity contribution in [3.8, 4) is 5.75 Å². The van der Waals surface area contributed by atoms with Gasteiger partial charge in [-0.1, -0.05) is 47.5 Å². The molecule has 1 amide bonds. The van der Waals surface area contributed by atoms with Gasteiger partial charge in [0.1, 0.15) is 11.8 Å². The lowest BCUT2D eigenvalue weighted by atomic mass is 9.94. The van der Waals surface area contributed by atoms with Crippen LogP contribution in [-0.4, -0.2) is 97.9 Å². The molecule has 6 rings (SSSR count). The number of anilines is 1. The SMILES string of the molecule is COc1ccc(C2C=NN=N2)cc1C(=O)N(C)CC(CCN1CCCN(c2nc3ccccc3n2CCOC(F)(F)F)CC1)c1ccc(Cl)c(Cl)c1. The molecule has 1 saturated heterocycles. The zero-order chi connectivity index (χ0) is 36.8. The highest BCUT2D eigenvalue weighted by atomic mass is 35.5. The molecule has 0 aliphatic carbocycles. The molecule has 0 radical (unpaired) electrons. The molecule has 0 N–H and O–H groups in total. The summed E-state index contributed by atoms with van der Waals surface area (Å²) >= 11 is 12.7. The molecule has 0 saturated carbocycles. The lowest BCUT2D eigenvalue weighted by molar-refractivity contribution is -0.325. The average molecular weight is 760 g/mol. The Labute approximate surface area is 309 Å². The molecule has 52 heavy (non-hydrogen) atoms. The number of carbonyl (C=O) groups is 1. The van der Waals surface area contributed by atoms with Crippen LogP contribution < -0.4 is 9.64 Å². The fourth-order valence-corrected chi connectivity index (χ4v) is 7.00. The first-order chi connectivity index (χ1) is 25.0. The minimum absolute atomic E-state index is 0.0172. The van der Waals surface area contributed by atoms with Gasteiger partial charge in [-0.15, -0.1) is 18.3 Å². The van der Waals surface area contributed by atoms with Crippen molar-refractivity contribution in [1.82, 2.24) is 19.4 Å². The van der Waals surface area contributed by atoms with Crippen LogP contribution in [0.4, 0.5) is 19.1 Å². The summed E-state index contributed by atoms with van der Waals surface area (Å²) in [6.07, 6.45) is -1.53. The molecule has 3 aromatic carbocycles. The van der Waals surface area contributed by atoms with E-state index < -0.39 is 13.0 Å². The third kappa shape index (κ3) is 9.03. The number of amides is 1. The van der Waals surface area contributed by atoms with Gasteiger partial charge in [0.15, 0.2) is 0 Å². The number of rotatable bonds is 13. The summed E-state index contributed by atoms with van der Waals surface area (Å²) in [6.45, 7) is 3.52. The van der Waals surface area contributed by atoms with Gasteiger partial charge in [0, 0.05) is 45.7 Å². The highest BCUT2D eigenvalue weighted by Gasteiger charge is 2.30. The second kappa shape index (κ2) is 16.6. The maximum Gasteiger partial charge on any atom is 0.522 e. The van der Waals surface area contributed by atoms with Gasteiger partial charge in [0.05, 0.1) is 46.6 Å². The number of benzene rings is 3. The number of para-hydroxylation sites is 2. The Kier molecular flexibility index (Phi) is 12.0. The van der Waals surface area contributed by atoms with Gasteiger partial charge in [-0.05, 0) is 78.7 Å². The maximum atomic E-state index is 13.9. The average Bonchev–Trinajstić information content (AvgIpc) is 3.73. The molecule has 2 aliphatic heterocycles. The zero-order valence-electron chi connectivity index (χ0n) is 28.8. The van der Waals surface area contributed by atoms with E-state index in [4.69, 9.17) is 32.9 Å². The Balaban J connectivity index is 1.15. The molecule has 1 aromatic heterocycles. The molecule has 276 valence electrons. The van der Waals surface area contributed by atoms with Crippen molar-refractivity contribution in [2.75, 3.05) is 64.9 Å². The second-order valence-corrected chi connectivity index (χ2v) is 13.6. The minimum atomic E-state index is -4.70. The number of hydrogen-bond acceptors (Lipinski definition) is 9. The number of carbonyl (C=O) groups excluding carboxylic acids is 1. The summed E-state index contributed by atoms with van der Waals surface area (Å²) in [6, 6.07) is 18.0. The number of aromatic nitrogens is 2. The maximum absolute atomic E-state index is 13.9. The summed E-state index contributed by atoms with van der Waals surface area (Å²) in [5.41, 5.74) is 3.63. The Morgan fingerprint density at radius 3 is 2.60 bits per heavy atom. The Bertz CT molecular complexity index is 1930. The molecule has 2 aliphatic rings. The van der Waals surface area contributed by atoms with Gasteiger partial charge in [-0.3, -0.25) is 9.53 Å². The van der Waals surface area contributed by atoms with Gasteiger partial charge in [-0.2, -0.15) is 5.11 Å². The second-order valence-electron chi connectivity index (χ2n) is 12.7. The first-order valence-electron chi connectivity index (χ1n) is 17.0. The van der Waals surface area contributed by atoms with Crippen molar-refractivity contribution in [2.45, 2.75) is 37.7 Å². The van der Waals surface area contributed by atoms with Gasteiger partial charge in [0.2, 0.25) is 5.95 Å². The van der Waals surface area contributed by atoms with Crippen LogP contribution in [0.25, 0.3) is 11.0 Å². The molecular weight excluding hydrogens is 720 g/mol. The van der Waals surface area contributed by atoms with Crippen LogP contribution in [0.3, 0.4) is 0 Å². The molecule has 2 unspecified atom stereocenters. The summed E-state index contributed by atoms with van der Waals surface area (Å²) in [5, 5.41) is 12.5. The number of imidazole rings is 1. The predicted octanol–water partition coefficient (Wildman–Crippen LogP) is 7.84. The van der Waals surface area contributed by atoms with E-state index in [1.165, 1.54) is 7.11 Å². The van der Waals surface area contributed by atoms with Crippen molar-refractivity contribution in [1.29, 1.82) is 0 Å². The quantitative estimate of drug-likeness (QED) is 0.138. The van der Waals surface area contributed by atoms with Gasteiger partial charge >= 0.3 is 6.36 Å². The molecule has 1 fully saturated rings. The third-order valence-corrected chi connectivity index (χ3v) is 10.1. The van der Waals surface area contributed by atoms with E-state index in [1.807, 2.05) is 42.5 Å². The van der Waals surface area contributed by atoms with Crippen molar-refractivity contribution in [3.63, 3.8) is 0 Å². The van der Waals surface area contributed by atoms with Crippen LogP contribution in [0.5, 0.6) is 5.75 Å². The highest BCUT2D eigenvalue weighted by molar-refractivity contribution is 6.42. The van der Waals surface area contributed by atoms with Crippen molar-refractivity contribution in [2.24, 2.45) is 15.4 Å². The topological polar surface area (TPSA) is 100 Å². The van der Waals surface area contributed by atoms with Crippen LogP contribution in [-0.2, 0) is 11.3 Å². The molecule has 4 aromatic rings. The third-order valence-electron chi connectivity index (χ3n) is 9.37. The fraction of sp³-hybridized carbons (Fsp3) is 0.417. The van der Waals surface area contributed by atoms with E-state index in [0.29, 0.717) is 46.9 Å². The first-order valence-corrected chi connectivity index (χ1v) is 17.7. The largest absolute Gasteiger partial charge is 0.522 e. The van der Waals surface area contributed by atoms with Gasteiger partial charge in [0.25, 0.3) is 5.91 Å². The monoisotopic (exact) mass is 758 g/mol. The summed E-state index contributed by atoms with van der Waals surface area (Å²) in [7, 11) is 3.30. The highest BCUT2D eigenvalue weighted by Crippen LogP contribution is 2.32. The zero-order valence-corrected chi connectivity index (χ0v) is 30.3. The number of likely N-dealkylation sites (N-methyl/N-ethyl adjacent to an activating group) is 1. The summed E-state index contributed by atoms with van der Waals surface area (Å²) < 4.78 is 49.9. The van der Waals surface area contributed by atoms with E-state index in [-0.39, 0.29) is 24.4 Å². The van der Waals surface area contributed by atoms with E-state index in [2.05, 4.69) is 30.0 Å². The van der Waals surface area contributed by atoms with Crippen LogP contribution >= 0.6 is 23.2 Å². The molecule has 16 heteroatoms. The first kappa shape index (κ1) is 37.5. The van der Waals surface area contributed by atoms with E-state index in [9.17, 15) is 18.0 Å². The van der Waals surface area contributed by atoms with E-state index >= 15 is 0 Å². The van der Waals surface area contributed by atoms with Crippen molar-refractivity contribution < 1.29 is 27.4 Å². The Hall–Kier alpha value is -4.24. The molecule has 2 atom stereocenters. The van der Waals surface area contributed by atoms with E-state index in [0.717, 1.165) is 54.6 Å². The lowest BCUT2D eigenvalue weighted by Gasteiger charge is -2.28. The lowest BCUT2D eigenvalue weighted by Crippen LogP contribution is -2.35. The molecular formula is C36H39Cl2F3N8O3. The number of hydrogen-bond donors (Lipinski definition) is 0. The molecule has 11 nitrogen and oxygen atoms in total. The summed E-state index contributed by atoms with van der Waals surface area (Å²) in [4.78, 5) is 24.9. The number of nitrogens with zero attached hydrogens (tertiary/aromatic N) is 8. The number of fused-ring (bicyclic) bond motifs is 1. The van der Waals surface area contributed by atoms with E-state index in [1.54, 1.807) is 40.9 Å². The molecule has 3 heterocycles. The number of alkyl halides is 3. The van der Waals surface area contributed by atoms with Crippen LogP contribution in [0.15, 0.2) is 76.1 Å². The minimum Gasteiger partial charge on any atom is -0.496 e. The predicted molar refractivity (Wildman–Crippen MR) is 195 cm³/mol. The van der Waals surface area contributed by atoms with Gasteiger partial charge in [-0.25, -0.2) is 4.98 Å². The molecule has 0 bridgehead atoms. The van der Waals surface area contributed by atoms with Crippen LogP contribution in [0, 0.1) is 0 Å². The van der Waals surface area contributed by atoms with Gasteiger partial charge < -0.3 is 24.0 Å². The van der Waals surface area contributed by atoms with Crippen molar-refractivity contribution >= 4 is 52.3 Å². The normalized spacial score (nSPS) is 17.1. The number of halogens is 5. The molecule has 0 spiro atoms. The number of methoxy groups -OCH3 is 1. The smallest absolute Gasteiger partial charge is 0.496 e. The van der Waals surface area contributed by atoms with Crippen molar-refractivity contribution in [3.05, 3.63) is 87.4 Å². The number of ether oxygens (including phenoxy) is 2. The Morgan fingerprint density at radius 2 is 1.85 bits per heavy atom. The summed E-state index contributed by atoms with van der Waals surface area (Å²) in [5.74, 6) is 0.801. The van der Waals surface area contributed by atoms with Crippen LogP contribution in [0.2, 0.25) is 10.0 Å². The van der Waals surface area contributed by atoms with Crippen LogP contribution in [0.1, 0.15) is 46.3 Å². The standard InChI is InChI=1S/C36H39Cl2F3N8O3/c1-46(34(50)27-20-25(9-11-33(27)51-2)31-22-42-45-44-31)23-26(24-8-10-28(37)29(38)21-24)12-15-47-13-5-14-48(17-16-47)35-43-30-6-3-4-7-32(30)49(35)18-19-52-36(39,40)41/h3-4,6-11,20-22,26,31H,5,12-19,23H2,1-2H3. The Morgan fingerprint density at radius 1 is 1.02 bits per heavy atom.